The maximum absolute atomic E-state index is 13.6. The van der Waals surface area contributed by atoms with E-state index in [0.717, 1.165) is 6.04 Å². The van der Waals surface area contributed by atoms with Crippen molar-refractivity contribution in [2.45, 2.75) is 84.2 Å². The number of ether oxygens (including phenoxy) is 1. The van der Waals surface area contributed by atoms with Crippen LogP contribution in [0, 0.1) is 0 Å². The van der Waals surface area contributed by atoms with Gasteiger partial charge in [0.15, 0.2) is 17.2 Å². The molecule has 4 rings (SSSR count). The summed E-state index contributed by atoms with van der Waals surface area (Å²) in [5.41, 5.74) is 0.326. The van der Waals surface area contributed by atoms with Crippen LogP contribution in [-0.4, -0.2) is 50.4 Å². The number of nitrogens with one attached hydrogen (secondary N) is 1. The smallest absolute Gasteiger partial charge is 0.361 e. The van der Waals surface area contributed by atoms with E-state index in [1.54, 1.807) is 10.8 Å². The van der Waals surface area contributed by atoms with Gasteiger partial charge in [0, 0.05) is 37.7 Å². The summed E-state index contributed by atoms with van der Waals surface area (Å²) in [6.45, 7) is 13.2. The Labute approximate surface area is 209 Å². The first-order valence-electron chi connectivity index (χ1n) is 12.1. The molecule has 8 nitrogen and oxygen atoms in total. The highest BCUT2D eigenvalue weighted by Crippen LogP contribution is 2.37. The molecule has 0 bridgehead atoms. The lowest BCUT2D eigenvalue weighted by atomic mass is 10.1. The Morgan fingerprint density at radius 2 is 1.92 bits per heavy atom. The van der Waals surface area contributed by atoms with Gasteiger partial charge >= 0.3 is 6.18 Å². The Bertz CT molecular complexity index is 1280. The summed E-state index contributed by atoms with van der Waals surface area (Å²) in [5, 5.41) is 6.79. The molecular formula is C24H33F3N6O2Si. The second-order valence-corrected chi connectivity index (χ2v) is 17.1. The van der Waals surface area contributed by atoms with Crippen LogP contribution in [0.2, 0.25) is 25.7 Å². The van der Waals surface area contributed by atoms with Crippen LogP contribution < -0.4 is 5.32 Å². The van der Waals surface area contributed by atoms with E-state index in [2.05, 4.69) is 40.0 Å². The maximum Gasteiger partial charge on any atom is 0.435 e. The van der Waals surface area contributed by atoms with Gasteiger partial charge in [0.2, 0.25) is 0 Å². The largest absolute Gasteiger partial charge is 0.435 e. The van der Waals surface area contributed by atoms with Crippen molar-refractivity contribution in [3.8, 4) is 5.82 Å². The van der Waals surface area contributed by atoms with Crippen LogP contribution in [0.1, 0.15) is 54.5 Å². The number of alkyl halides is 3. The number of hydrogen-bond acceptors (Lipinski definition) is 5. The molecule has 0 aromatic carbocycles. The van der Waals surface area contributed by atoms with Crippen molar-refractivity contribution in [1.82, 2.24) is 29.6 Å². The summed E-state index contributed by atoms with van der Waals surface area (Å²) in [7, 11) is -1.27. The third kappa shape index (κ3) is 5.64. The van der Waals surface area contributed by atoms with Crippen LogP contribution in [0.25, 0.3) is 17.0 Å². The highest BCUT2D eigenvalue weighted by atomic mass is 28.3. The van der Waals surface area contributed by atoms with Crippen LogP contribution in [0.15, 0.2) is 12.4 Å². The number of hydrogen-bond donors (Lipinski definition) is 1. The average molecular weight is 523 g/mol. The van der Waals surface area contributed by atoms with Crippen LogP contribution in [0.3, 0.4) is 0 Å². The zero-order valence-electron chi connectivity index (χ0n) is 21.6. The molecule has 1 N–H and O–H groups in total. The number of fused-ring (bicyclic) bond motifs is 2. The number of nitrogens with zero attached hydrogens (tertiary/aromatic N) is 5. The quantitative estimate of drug-likeness (QED) is 0.350. The normalized spacial score (nSPS) is 14.5. The molecule has 0 spiro atoms. The van der Waals surface area contributed by atoms with E-state index in [0.29, 0.717) is 42.7 Å². The molecule has 3 aromatic heterocycles. The topological polar surface area (TPSA) is 86.9 Å². The van der Waals surface area contributed by atoms with Crippen molar-refractivity contribution in [2.24, 2.45) is 0 Å². The molecule has 1 aliphatic carbocycles. The number of amides is 1. The van der Waals surface area contributed by atoms with Crippen molar-refractivity contribution < 1.29 is 22.7 Å². The van der Waals surface area contributed by atoms with Gasteiger partial charge in [-0.2, -0.15) is 18.3 Å². The van der Waals surface area contributed by atoms with Gasteiger partial charge in [-0.1, -0.05) is 19.6 Å². The van der Waals surface area contributed by atoms with Crippen LogP contribution >= 0.6 is 0 Å². The Balaban J connectivity index is 1.75. The minimum absolute atomic E-state index is 0.151. The molecule has 3 heterocycles. The lowest BCUT2D eigenvalue weighted by Crippen LogP contribution is -2.40. The first kappa shape index (κ1) is 26.3. The maximum atomic E-state index is 13.6. The van der Waals surface area contributed by atoms with E-state index >= 15 is 0 Å². The van der Waals surface area contributed by atoms with E-state index in [1.165, 1.54) is 10.9 Å². The zero-order valence-corrected chi connectivity index (χ0v) is 22.6. The fourth-order valence-corrected chi connectivity index (χ4v) is 4.97. The lowest BCUT2D eigenvalue weighted by Gasteiger charge is -2.20. The van der Waals surface area contributed by atoms with E-state index in [4.69, 9.17) is 4.74 Å². The van der Waals surface area contributed by atoms with E-state index < -0.39 is 25.5 Å². The van der Waals surface area contributed by atoms with E-state index in [1.807, 2.05) is 20.8 Å². The number of carbonyl (C=O) groups excluding carboxylic acids is 1. The summed E-state index contributed by atoms with van der Waals surface area (Å²) in [5.74, 6) is -0.195. The van der Waals surface area contributed by atoms with Crippen LogP contribution in [0.5, 0.6) is 0 Å². The number of carbonyl (C=O) groups is 1. The van der Waals surface area contributed by atoms with Crippen LogP contribution in [-0.2, 0) is 30.5 Å². The zero-order chi connectivity index (χ0) is 26.5. The standard InChI is InChI=1S/C24H33F3N6O2Si/c1-23(2,3)30-22(34)16-13-32(14-35-10-11-36(4,5)6)21-19(16)29-18(12-28-21)33-17-9-7-8-15(17)20(31-33)24(25,26)27/h12-13H,7-11,14H2,1-6H3,(H,30,34). The number of halogens is 3. The number of rotatable bonds is 7. The summed E-state index contributed by atoms with van der Waals surface area (Å²) in [6.07, 6.45) is -0.0929. The highest BCUT2D eigenvalue weighted by molar-refractivity contribution is 6.76. The molecule has 196 valence electrons. The first-order chi connectivity index (χ1) is 16.6. The minimum Gasteiger partial charge on any atom is -0.361 e. The predicted octanol–water partition coefficient (Wildman–Crippen LogP) is 4.97. The molecule has 0 unspecified atom stereocenters. The summed E-state index contributed by atoms with van der Waals surface area (Å²) < 4.78 is 49.6. The SMILES string of the molecule is CC(C)(C)NC(=O)c1cn(COCC[Si](C)(C)C)c2ncc(-n3nc(C(F)(F)F)c4c3CCC4)nc12. The molecule has 1 aliphatic rings. The Hall–Kier alpha value is -2.73. The van der Waals surface area contributed by atoms with Gasteiger partial charge in [-0.15, -0.1) is 0 Å². The third-order valence-electron chi connectivity index (χ3n) is 5.93. The second-order valence-electron chi connectivity index (χ2n) is 11.5. The van der Waals surface area contributed by atoms with Crippen molar-refractivity contribution in [2.75, 3.05) is 6.61 Å². The van der Waals surface area contributed by atoms with Gasteiger partial charge in [0.1, 0.15) is 12.2 Å². The molecule has 1 amide bonds. The van der Waals surface area contributed by atoms with Gasteiger partial charge in [0.25, 0.3) is 5.91 Å². The monoisotopic (exact) mass is 522 g/mol. The molecule has 0 saturated heterocycles. The summed E-state index contributed by atoms with van der Waals surface area (Å²) in [4.78, 5) is 22.2. The molecule has 12 heteroatoms. The molecule has 36 heavy (non-hydrogen) atoms. The fourth-order valence-electron chi connectivity index (χ4n) is 4.21. The van der Waals surface area contributed by atoms with Crippen molar-refractivity contribution in [3.63, 3.8) is 0 Å². The van der Waals surface area contributed by atoms with E-state index in [-0.39, 0.29) is 29.6 Å². The predicted molar refractivity (Wildman–Crippen MR) is 133 cm³/mol. The summed E-state index contributed by atoms with van der Waals surface area (Å²) in [6, 6.07) is 0.991. The fraction of sp³-hybridized carbons (Fsp3) is 0.583. The van der Waals surface area contributed by atoms with Gasteiger partial charge < -0.3 is 14.6 Å². The van der Waals surface area contributed by atoms with Crippen LogP contribution in [0.4, 0.5) is 13.2 Å². The van der Waals surface area contributed by atoms with Gasteiger partial charge in [0.05, 0.1) is 11.8 Å². The van der Waals surface area contributed by atoms with E-state index in [9.17, 15) is 18.0 Å². The number of aromatic nitrogens is 5. The summed E-state index contributed by atoms with van der Waals surface area (Å²) >= 11 is 0. The molecular weight excluding hydrogens is 489 g/mol. The van der Waals surface area contributed by atoms with Crippen molar-refractivity contribution in [3.05, 3.63) is 34.9 Å². The second kappa shape index (κ2) is 9.29. The van der Waals surface area contributed by atoms with Crippen molar-refractivity contribution >= 4 is 25.1 Å². The molecule has 3 aromatic rings. The van der Waals surface area contributed by atoms with Gasteiger partial charge in [-0.05, 0) is 46.1 Å². The van der Waals surface area contributed by atoms with Gasteiger partial charge in [-0.3, -0.25) is 4.79 Å². The molecule has 0 aliphatic heterocycles. The molecule has 0 fully saturated rings. The molecule has 0 atom stereocenters. The van der Waals surface area contributed by atoms with Gasteiger partial charge in [-0.25, -0.2) is 14.6 Å². The Kier molecular flexibility index (Phi) is 6.80. The third-order valence-corrected chi connectivity index (χ3v) is 7.63. The average Bonchev–Trinajstić information content (AvgIpc) is 3.41. The van der Waals surface area contributed by atoms with Crippen molar-refractivity contribution in [1.29, 1.82) is 0 Å². The highest BCUT2D eigenvalue weighted by Gasteiger charge is 2.40. The molecule has 0 radical (unpaired) electrons. The lowest BCUT2D eigenvalue weighted by molar-refractivity contribution is -0.141. The first-order valence-corrected chi connectivity index (χ1v) is 15.8. The Morgan fingerprint density at radius 3 is 2.56 bits per heavy atom. The molecule has 0 saturated carbocycles. The Morgan fingerprint density at radius 1 is 1.19 bits per heavy atom. The minimum atomic E-state index is -4.55.